The van der Waals surface area contributed by atoms with Gasteiger partial charge in [-0.3, -0.25) is 4.79 Å². The fraction of sp³-hybridized carbons (Fsp3) is 0.429. The van der Waals surface area contributed by atoms with Crippen LogP contribution in [0.1, 0.15) is 6.42 Å². The van der Waals surface area contributed by atoms with Crippen LogP contribution in [0.3, 0.4) is 0 Å². The minimum Gasteiger partial charge on any atom is -0.302 e. The van der Waals surface area contributed by atoms with Crippen LogP contribution in [-0.4, -0.2) is 15.2 Å². The molecule has 1 aromatic rings. The van der Waals surface area contributed by atoms with E-state index in [9.17, 15) is 4.79 Å². The molecule has 2 rings (SSSR count). The lowest BCUT2D eigenvalue weighted by Crippen LogP contribution is -2.16. The van der Waals surface area contributed by atoms with Crippen molar-refractivity contribution in [1.82, 2.24) is 4.98 Å². The first kappa shape index (κ1) is 9.24. The van der Waals surface area contributed by atoms with Crippen LogP contribution in [0.25, 0.3) is 0 Å². The minimum atomic E-state index is -0.860. The molecule has 0 unspecified atom stereocenters. The number of hydrogen-bond donors (Lipinski definition) is 1. The average molecular weight is 237 g/mol. The van der Waals surface area contributed by atoms with Crippen molar-refractivity contribution in [2.24, 2.45) is 5.92 Å². The molecule has 0 spiro atoms. The van der Waals surface area contributed by atoms with E-state index in [2.05, 4.69) is 10.3 Å². The van der Waals surface area contributed by atoms with E-state index in [0.29, 0.717) is 11.6 Å². The second-order valence-electron chi connectivity index (χ2n) is 2.84. The van der Waals surface area contributed by atoms with E-state index in [1.165, 1.54) is 11.3 Å². The summed E-state index contributed by atoms with van der Waals surface area (Å²) in [5.41, 5.74) is 0. The number of thiazole rings is 1. The zero-order valence-electron chi connectivity index (χ0n) is 6.46. The SMILES string of the molecule is O=C(Nc1nccs1)[C@@H]1CC1(Cl)Cl. The van der Waals surface area contributed by atoms with Crippen LogP contribution >= 0.6 is 34.5 Å². The maximum absolute atomic E-state index is 11.4. The summed E-state index contributed by atoms with van der Waals surface area (Å²) in [6, 6.07) is 0. The molecule has 1 aliphatic carbocycles. The molecule has 0 saturated heterocycles. The fourth-order valence-electron chi connectivity index (χ4n) is 0.975. The fourth-order valence-corrected chi connectivity index (χ4v) is 2.01. The van der Waals surface area contributed by atoms with Gasteiger partial charge in [-0.2, -0.15) is 0 Å². The van der Waals surface area contributed by atoms with E-state index in [-0.39, 0.29) is 11.8 Å². The van der Waals surface area contributed by atoms with Crippen molar-refractivity contribution in [3.63, 3.8) is 0 Å². The van der Waals surface area contributed by atoms with Gasteiger partial charge >= 0.3 is 0 Å². The summed E-state index contributed by atoms with van der Waals surface area (Å²) in [6.07, 6.45) is 2.15. The van der Waals surface area contributed by atoms with Crippen LogP contribution in [0.4, 0.5) is 5.13 Å². The molecule has 0 bridgehead atoms. The number of amides is 1. The van der Waals surface area contributed by atoms with Gasteiger partial charge in [0.05, 0.1) is 5.92 Å². The molecule has 70 valence electrons. The van der Waals surface area contributed by atoms with Crippen molar-refractivity contribution in [2.75, 3.05) is 5.32 Å². The Kier molecular flexibility index (Phi) is 2.21. The molecular weight excluding hydrogens is 231 g/mol. The van der Waals surface area contributed by atoms with Gasteiger partial charge in [-0.15, -0.1) is 34.5 Å². The Morgan fingerprint density at radius 1 is 1.77 bits per heavy atom. The van der Waals surface area contributed by atoms with Crippen molar-refractivity contribution in [3.8, 4) is 0 Å². The zero-order valence-corrected chi connectivity index (χ0v) is 8.79. The number of carbonyl (C=O) groups is 1. The van der Waals surface area contributed by atoms with Crippen LogP contribution in [0.5, 0.6) is 0 Å². The number of nitrogens with one attached hydrogen (secondary N) is 1. The van der Waals surface area contributed by atoms with Crippen LogP contribution < -0.4 is 5.32 Å². The molecule has 1 atom stereocenters. The van der Waals surface area contributed by atoms with E-state index in [1.807, 2.05) is 0 Å². The van der Waals surface area contributed by atoms with Crippen molar-refractivity contribution in [2.45, 2.75) is 10.8 Å². The zero-order chi connectivity index (χ0) is 9.47. The standard InChI is InChI=1S/C7H6Cl2N2OS/c8-7(9)3-4(7)5(12)11-6-10-1-2-13-6/h1-2,4H,3H2,(H,10,11,12)/t4-/m0/s1. The van der Waals surface area contributed by atoms with E-state index < -0.39 is 4.33 Å². The van der Waals surface area contributed by atoms with E-state index >= 15 is 0 Å². The van der Waals surface area contributed by atoms with Gasteiger partial charge in [-0.1, -0.05) is 0 Å². The Balaban J connectivity index is 1.94. The third-order valence-corrected chi connectivity index (χ3v) is 3.33. The summed E-state index contributed by atoms with van der Waals surface area (Å²) in [7, 11) is 0. The number of carbonyl (C=O) groups excluding carboxylic acids is 1. The lowest BCUT2D eigenvalue weighted by Gasteiger charge is -1.99. The lowest BCUT2D eigenvalue weighted by atomic mass is 10.4. The molecule has 1 aliphatic rings. The van der Waals surface area contributed by atoms with Crippen LogP contribution in [0, 0.1) is 5.92 Å². The second-order valence-corrected chi connectivity index (χ2v) is 5.28. The number of anilines is 1. The average Bonchev–Trinajstić information content (AvgIpc) is 2.49. The molecular formula is C7H6Cl2N2OS. The quantitative estimate of drug-likeness (QED) is 0.801. The Morgan fingerprint density at radius 3 is 2.92 bits per heavy atom. The van der Waals surface area contributed by atoms with Gasteiger partial charge in [0.15, 0.2) is 5.13 Å². The topological polar surface area (TPSA) is 42.0 Å². The molecule has 1 saturated carbocycles. The highest BCUT2D eigenvalue weighted by molar-refractivity contribution is 7.13. The first-order valence-electron chi connectivity index (χ1n) is 3.68. The molecule has 6 heteroatoms. The van der Waals surface area contributed by atoms with Crippen LogP contribution in [0.2, 0.25) is 0 Å². The number of nitrogens with zero attached hydrogens (tertiary/aromatic N) is 1. The molecule has 1 fully saturated rings. The third kappa shape index (κ3) is 1.95. The third-order valence-electron chi connectivity index (χ3n) is 1.80. The summed E-state index contributed by atoms with van der Waals surface area (Å²) in [5, 5.41) is 5.01. The van der Waals surface area contributed by atoms with Crippen molar-refractivity contribution >= 4 is 45.6 Å². The lowest BCUT2D eigenvalue weighted by molar-refractivity contribution is -0.117. The minimum absolute atomic E-state index is 0.153. The smallest absolute Gasteiger partial charge is 0.232 e. The van der Waals surface area contributed by atoms with Gasteiger partial charge in [-0.05, 0) is 6.42 Å². The second kappa shape index (κ2) is 3.12. The summed E-state index contributed by atoms with van der Waals surface area (Å²) in [4.78, 5) is 15.3. The predicted molar refractivity (Wildman–Crippen MR) is 53.3 cm³/mol. The number of halogens is 2. The molecule has 0 radical (unpaired) electrons. The predicted octanol–water partition coefficient (Wildman–Crippen LogP) is 2.28. The van der Waals surface area contributed by atoms with Gasteiger partial charge in [0.2, 0.25) is 5.91 Å². The van der Waals surface area contributed by atoms with E-state index in [0.717, 1.165) is 0 Å². The van der Waals surface area contributed by atoms with E-state index in [1.54, 1.807) is 11.6 Å². The summed E-state index contributed by atoms with van der Waals surface area (Å²) < 4.78 is -0.860. The molecule has 1 amide bonds. The summed E-state index contributed by atoms with van der Waals surface area (Å²) in [6.45, 7) is 0. The maximum atomic E-state index is 11.4. The van der Waals surface area contributed by atoms with Gasteiger partial charge in [0.25, 0.3) is 0 Å². The molecule has 0 aliphatic heterocycles. The number of hydrogen-bond acceptors (Lipinski definition) is 3. The molecule has 1 aromatic heterocycles. The largest absolute Gasteiger partial charge is 0.302 e. The van der Waals surface area contributed by atoms with Gasteiger partial charge < -0.3 is 5.32 Å². The summed E-state index contributed by atoms with van der Waals surface area (Å²) in [5.74, 6) is -0.445. The first-order chi connectivity index (χ1) is 6.09. The first-order valence-corrected chi connectivity index (χ1v) is 5.31. The van der Waals surface area contributed by atoms with Crippen molar-refractivity contribution in [3.05, 3.63) is 11.6 Å². The monoisotopic (exact) mass is 236 g/mol. The van der Waals surface area contributed by atoms with Gasteiger partial charge in [-0.25, -0.2) is 4.98 Å². The highest BCUT2D eigenvalue weighted by Crippen LogP contribution is 2.53. The van der Waals surface area contributed by atoms with Gasteiger partial charge in [0.1, 0.15) is 4.33 Å². The Morgan fingerprint density at radius 2 is 2.46 bits per heavy atom. The molecule has 3 nitrogen and oxygen atoms in total. The number of alkyl halides is 2. The van der Waals surface area contributed by atoms with E-state index in [4.69, 9.17) is 23.2 Å². The normalized spacial score (nSPS) is 24.0. The Bertz CT molecular complexity index is 325. The molecule has 1 N–H and O–H groups in total. The Hall–Kier alpha value is -0.320. The number of rotatable bonds is 2. The number of aromatic nitrogens is 1. The Labute approximate surface area is 89.1 Å². The van der Waals surface area contributed by atoms with Crippen LogP contribution in [-0.2, 0) is 4.79 Å². The molecule has 0 aromatic carbocycles. The summed E-state index contributed by atoms with van der Waals surface area (Å²) >= 11 is 12.8. The molecule has 1 heterocycles. The highest BCUT2D eigenvalue weighted by atomic mass is 35.5. The van der Waals surface area contributed by atoms with Crippen molar-refractivity contribution < 1.29 is 4.79 Å². The van der Waals surface area contributed by atoms with Crippen LogP contribution in [0.15, 0.2) is 11.6 Å². The maximum Gasteiger partial charge on any atom is 0.232 e. The van der Waals surface area contributed by atoms with Crippen molar-refractivity contribution in [1.29, 1.82) is 0 Å². The van der Waals surface area contributed by atoms with Gasteiger partial charge in [0, 0.05) is 11.6 Å². The highest BCUT2D eigenvalue weighted by Gasteiger charge is 2.56. The molecule has 13 heavy (non-hydrogen) atoms.